The Hall–Kier alpha value is -4.03. The fraction of sp³-hybridized carbons (Fsp3) is 0.303. The zero-order valence-electron chi connectivity index (χ0n) is 22.9. The minimum atomic E-state index is 0.563. The monoisotopic (exact) mass is 516 g/mol. The average molecular weight is 517 g/mol. The third-order valence-electron chi connectivity index (χ3n) is 7.60. The van der Waals surface area contributed by atoms with Crippen LogP contribution in [0.25, 0.3) is 16.7 Å². The van der Waals surface area contributed by atoms with Gasteiger partial charge in [-0.3, -0.25) is 4.90 Å². The Labute approximate surface area is 230 Å². The molecule has 0 radical (unpaired) electrons. The molecule has 39 heavy (non-hydrogen) atoms. The Balaban J connectivity index is 1.28. The molecule has 6 heteroatoms. The van der Waals surface area contributed by atoms with Crippen molar-refractivity contribution in [3.8, 4) is 5.69 Å². The zero-order chi connectivity index (χ0) is 26.6. The van der Waals surface area contributed by atoms with Gasteiger partial charge in [0.15, 0.2) is 5.65 Å². The van der Waals surface area contributed by atoms with Gasteiger partial charge in [-0.2, -0.15) is 5.10 Å². The quantitative estimate of drug-likeness (QED) is 0.256. The second-order valence-electron chi connectivity index (χ2n) is 10.8. The fourth-order valence-corrected chi connectivity index (χ4v) is 5.40. The molecule has 0 aliphatic carbocycles. The first-order chi connectivity index (χ1) is 19.1. The molecule has 0 unspecified atom stereocenters. The number of rotatable bonds is 7. The normalized spacial score (nSPS) is 14.7. The van der Waals surface area contributed by atoms with E-state index >= 15 is 0 Å². The van der Waals surface area contributed by atoms with Gasteiger partial charge in [-0.15, -0.1) is 0 Å². The SMILES string of the molecule is CC(C)c1ccc(CN2CCCN(c3nc(Cc4ccccc4)nc4c3cnn4-c3ccccc3)CC2)cc1. The van der Waals surface area contributed by atoms with E-state index in [4.69, 9.17) is 15.1 Å². The third kappa shape index (κ3) is 5.71. The van der Waals surface area contributed by atoms with Gasteiger partial charge in [0, 0.05) is 39.1 Å². The second kappa shape index (κ2) is 11.4. The summed E-state index contributed by atoms with van der Waals surface area (Å²) in [6.07, 6.45) is 3.72. The van der Waals surface area contributed by atoms with Crippen LogP contribution in [0.4, 0.5) is 5.82 Å². The minimum Gasteiger partial charge on any atom is -0.355 e. The van der Waals surface area contributed by atoms with Crippen molar-refractivity contribution in [2.45, 2.75) is 39.2 Å². The molecule has 1 fully saturated rings. The third-order valence-corrected chi connectivity index (χ3v) is 7.60. The van der Waals surface area contributed by atoms with E-state index in [0.717, 1.165) is 67.5 Å². The van der Waals surface area contributed by atoms with Crippen LogP contribution >= 0.6 is 0 Å². The molecule has 0 atom stereocenters. The van der Waals surface area contributed by atoms with E-state index < -0.39 is 0 Å². The van der Waals surface area contributed by atoms with Gasteiger partial charge in [-0.25, -0.2) is 14.6 Å². The zero-order valence-corrected chi connectivity index (χ0v) is 22.9. The highest BCUT2D eigenvalue weighted by atomic mass is 15.3. The molecule has 198 valence electrons. The van der Waals surface area contributed by atoms with E-state index in [2.05, 4.69) is 84.3 Å². The van der Waals surface area contributed by atoms with Crippen LogP contribution in [0, 0.1) is 0 Å². The summed E-state index contributed by atoms with van der Waals surface area (Å²) in [5, 5.41) is 5.77. The molecule has 0 N–H and O–H groups in total. The Morgan fingerprint density at radius 2 is 1.49 bits per heavy atom. The Bertz CT molecular complexity index is 1510. The van der Waals surface area contributed by atoms with Gasteiger partial charge < -0.3 is 4.90 Å². The molecule has 0 spiro atoms. The summed E-state index contributed by atoms with van der Waals surface area (Å²) < 4.78 is 1.94. The van der Waals surface area contributed by atoms with Gasteiger partial charge in [0.2, 0.25) is 0 Å². The molecule has 0 amide bonds. The first-order valence-corrected chi connectivity index (χ1v) is 14.0. The Morgan fingerprint density at radius 3 is 2.23 bits per heavy atom. The maximum Gasteiger partial charge on any atom is 0.168 e. The summed E-state index contributed by atoms with van der Waals surface area (Å²) in [5.41, 5.74) is 5.86. The first-order valence-electron chi connectivity index (χ1n) is 14.0. The second-order valence-corrected chi connectivity index (χ2v) is 10.8. The van der Waals surface area contributed by atoms with Gasteiger partial charge in [0.05, 0.1) is 17.3 Å². The molecule has 2 aromatic heterocycles. The Morgan fingerprint density at radius 1 is 0.744 bits per heavy atom. The summed E-state index contributed by atoms with van der Waals surface area (Å²) in [6.45, 7) is 9.45. The van der Waals surface area contributed by atoms with Crippen molar-refractivity contribution in [1.29, 1.82) is 0 Å². The molecule has 6 nitrogen and oxygen atoms in total. The van der Waals surface area contributed by atoms with Crippen molar-refractivity contribution in [2.75, 3.05) is 31.1 Å². The summed E-state index contributed by atoms with van der Waals surface area (Å²) in [5.74, 6) is 2.39. The highest BCUT2D eigenvalue weighted by Gasteiger charge is 2.22. The molecule has 5 aromatic rings. The van der Waals surface area contributed by atoms with Gasteiger partial charge in [-0.05, 0) is 41.2 Å². The van der Waals surface area contributed by atoms with Crippen molar-refractivity contribution in [3.05, 3.63) is 114 Å². The van der Waals surface area contributed by atoms with Gasteiger partial charge in [-0.1, -0.05) is 86.6 Å². The van der Waals surface area contributed by atoms with Crippen LogP contribution in [0.5, 0.6) is 0 Å². The summed E-state index contributed by atoms with van der Waals surface area (Å²) >= 11 is 0. The lowest BCUT2D eigenvalue weighted by molar-refractivity contribution is 0.285. The standard InChI is InChI=1S/C33H36N6/c1-25(2)28-16-14-27(15-17-28)24-37-18-9-19-38(21-20-37)32-30-23-34-39(29-12-7-4-8-13-29)33(30)36-31(35-32)22-26-10-5-3-6-11-26/h3-8,10-17,23,25H,9,18-22,24H2,1-2H3. The molecule has 0 saturated carbocycles. The van der Waals surface area contributed by atoms with Crippen molar-refractivity contribution < 1.29 is 0 Å². The maximum atomic E-state index is 5.15. The highest BCUT2D eigenvalue weighted by molar-refractivity contribution is 5.88. The van der Waals surface area contributed by atoms with Crippen LogP contribution in [0.15, 0.2) is 91.1 Å². The number of hydrogen-bond donors (Lipinski definition) is 0. The number of para-hydroxylation sites is 1. The molecule has 0 bridgehead atoms. The van der Waals surface area contributed by atoms with Crippen molar-refractivity contribution in [2.24, 2.45) is 0 Å². The minimum absolute atomic E-state index is 0.563. The van der Waals surface area contributed by atoms with Crippen LogP contribution in [0.3, 0.4) is 0 Å². The van der Waals surface area contributed by atoms with E-state index in [1.54, 1.807) is 0 Å². The number of fused-ring (bicyclic) bond motifs is 1. The molecule has 3 heterocycles. The summed E-state index contributed by atoms with van der Waals surface area (Å²) in [6, 6.07) is 29.9. The maximum absolute atomic E-state index is 5.15. The van der Waals surface area contributed by atoms with Crippen molar-refractivity contribution >= 4 is 16.9 Å². The van der Waals surface area contributed by atoms with Crippen LogP contribution < -0.4 is 4.90 Å². The molecule has 1 saturated heterocycles. The lowest BCUT2D eigenvalue weighted by Gasteiger charge is -2.24. The van der Waals surface area contributed by atoms with Gasteiger partial charge >= 0.3 is 0 Å². The van der Waals surface area contributed by atoms with Crippen LogP contribution in [-0.2, 0) is 13.0 Å². The van der Waals surface area contributed by atoms with Gasteiger partial charge in [0.1, 0.15) is 11.6 Å². The predicted molar refractivity (Wildman–Crippen MR) is 159 cm³/mol. The molecule has 1 aliphatic heterocycles. The summed E-state index contributed by atoms with van der Waals surface area (Å²) in [7, 11) is 0. The number of anilines is 1. The first kappa shape index (κ1) is 25.3. The number of aromatic nitrogens is 4. The average Bonchev–Trinajstić information content (AvgIpc) is 3.26. The van der Waals surface area contributed by atoms with Crippen LogP contribution in [0.2, 0.25) is 0 Å². The smallest absolute Gasteiger partial charge is 0.168 e. The topological polar surface area (TPSA) is 50.1 Å². The van der Waals surface area contributed by atoms with E-state index in [-0.39, 0.29) is 0 Å². The Kier molecular flexibility index (Phi) is 7.37. The van der Waals surface area contributed by atoms with Crippen molar-refractivity contribution in [3.63, 3.8) is 0 Å². The fourth-order valence-electron chi connectivity index (χ4n) is 5.40. The molecular weight excluding hydrogens is 480 g/mol. The highest BCUT2D eigenvalue weighted by Crippen LogP contribution is 2.28. The number of hydrogen-bond acceptors (Lipinski definition) is 5. The largest absolute Gasteiger partial charge is 0.355 e. The lowest BCUT2D eigenvalue weighted by atomic mass is 10.0. The van der Waals surface area contributed by atoms with Crippen LogP contribution in [0.1, 0.15) is 48.7 Å². The molecular formula is C33H36N6. The van der Waals surface area contributed by atoms with E-state index in [9.17, 15) is 0 Å². The molecule has 3 aromatic carbocycles. The molecule has 6 rings (SSSR count). The lowest BCUT2D eigenvalue weighted by Crippen LogP contribution is -2.31. The number of nitrogens with zero attached hydrogens (tertiary/aromatic N) is 6. The van der Waals surface area contributed by atoms with Crippen molar-refractivity contribution in [1.82, 2.24) is 24.6 Å². The van der Waals surface area contributed by atoms with E-state index in [1.165, 1.54) is 16.7 Å². The van der Waals surface area contributed by atoms with E-state index in [1.807, 2.05) is 35.1 Å². The predicted octanol–water partition coefficient (Wildman–Crippen LogP) is 6.24. The van der Waals surface area contributed by atoms with E-state index in [0.29, 0.717) is 12.3 Å². The van der Waals surface area contributed by atoms with Crippen LogP contribution in [-0.4, -0.2) is 50.8 Å². The number of benzene rings is 3. The van der Waals surface area contributed by atoms with Gasteiger partial charge in [0.25, 0.3) is 0 Å². The molecule has 1 aliphatic rings. The summed E-state index contributed by atoms with van der Waals surface area (Å²) in [4.78, 5) is 15.2.